The van der Waals surface area contributed by atoms with Crippen molar-refractivity contribution in [2.75, 3.05) is 19.7 Å². The summed E-state index contributed by atoms with van der Waals surface area (Å²) in [5.74, 6) is -9.88. The van der Waals surface area contributed by atoms with Crippen molar-refractivity contribution in [1.82, 2.24) is 46.8 Å². The van der Waals surface area contributed by atoms with E-state index < -0.39 is 144 Å². The van der Waals surface area contributed by atoms with E-state index >= 15 is 0 Å². The van der Waals surface area contributed by atoms with Crippen LogP contribution in [0.15, 0.2) is 83.8 Å². The van der Waals surface area contributed by atoms with Crippen molar-refractivity contribution in [3.8, 4) is 5.75 Å². The maximum absolute atomic E-state index is 14.6. The van der Waals surface area contributed by atoms with Crippen molar-refractivity contribution in [2.24, 2.45) is 68.5 Å². The first-order chi connectivity index (χ1) is 47.9. The number of carboxylic acid groups (broad SMARTS) is 2. The minimum Gasteiger partial charge on any atom is -0.508 e. The maximum Gasteiger partial charge on any atom is 0.326 e. The summed E-state index contributed by atoms with van der Waals surface area (Å²) in [5.41, 5.74) is 18.4. The number of hydrogen-bond donors (Lipinski definition) is 15. The molecule has 1 aromatic heterocycles. The predicted molar refractivity (Wildman–Crippen MR) is 367 cm³/mol. The Morgan fingerprint density at radius 2 is 1.43 bits per heavy atom. The topological polar surface area (TPSA) is 501 Å². The number of H-pyrrole nitrogens is 1. The van der Waals surface area contributed by atoms with Gasteiger partial charge in [0.25, 0.3) is 0 Å². The molecule has 2 heterocycles. The molecule has 30 heteroatoms. The largest absolute Gasteiger partial charge is 0.508 e. The molecule has 8 rings (SSSR count). The molecule has 101 heavy (non-hydrogen) atoms. The van der Waals surface area contributed by atoms with Gasteiger partial charge >= 0.3 is 11.9 Å². The number of nitrogens with one attached hydrogen (secondary N) is 7. The smallest absolute Gasteiger partial charge is 0.326 e. The molecule has 30 nitrogen and oxygen atoms in total. The van der Waals surface area contributed by atoms with Gasteiger partial charge in [0.2, 0.25) is 41.4 Å². The van der Waals surface area contributed by atoms with Crippen molar-refractivity contribution in [3.05, 3.63) is 95.6 Å². The van der Waals surface area contributed by atoms with Gasteiger partial charge in [-0.05, 0) is 129 Å². The Morgan fingerprint density at radius 3 is 2.05 bits per heavy atom. The zero-order valence-electron chi connectivity index (χ0n) is 57.8. The van der Waals surface area contributed by atoms with Crippen molar-refractivity contribution >= 4 is 77.1 Å². The van der Waals surface area contributed by atoms with E-state index in [-0.39, 0.29) is 98.1 Å². The minimum absolute atomic E-state index is 0.00211. The van der Waals surface area contributed by atoms with Crippen LogP contribution in [0.3, 0.4) is 0 Å². The summed E-state index contributed by atoms with van der Waals surface area (Å²) in [6, 6.07) is 3.95. The van der Waals surface area contributed by atoms with Crippen LogP contribution >= 0.6 is 0 Å². The van der Waals surface area contributed by atoms with Gasteiger partial charge in [-0.1, -0.05) is 89.1 Å². The molecule has 3 saturated carbocycles. The number of carboxylic acids is 2. The summed E-state index contributed by atoms with van der Waals surface area (Å²) < 4.78 is 0. The number of allylic oxidation sites excluding steroid dienone is 1. The Morgan fingerprint density at radius 1 is 0.782 bits per heavy atom. The number of fused-ring (bicyclic) bond motifs is 5. The third-order valence-electron chi connectivity index (χ3n) is 21.0. The number of Topliss-reactive ketones (excluding diaryl/α,β-unsaturated/α-hetero) is 1. The lowest BCUT2D eigenvalue weighted by atomic mass is 9.45. The lowest BCUT2D eigenvalue weighted by molar-refractivity contribution is -0.157. The number of aliphatic imine (C=N–C) groups is 1. The number of rotatable bonds is 32. The van der Waals surface area contributed by atoms with E-state index in [2.05, 4.69) is 53.8 Å². The number of aromatic amines is 1. The number of likely N-dealkylation sites (tertiary alicyclic amines) is 1. The molecule has 18 N–H and O–H groups in total. The standard InChI is InChI=1S/C50H71N13O12.C21H28O5/c1-5-28(4)41(47(72)59-36(23-31-25-54-26-56-31)48(73)63-20-10-14-38(63)45(70)60-37(49(74)75)22-29-11-7-6-8-12-29)62-44(69)35(21-30-15-17-32(64)18-16-30)58-46(71)40(27(2)3)61-43(68)34(13-9-19-55-50(52)53)57-42(67)33(51)24-39(65)66;1-20-7-6-13(24)8-12(20)2-3-14-15-4-5-16(18(26)10-22)21(15,11-23)9-17(25)19(14)20/h6-8,11-12,15-18,25-28,33-38,40-41,64H,5,9-10,13-14,19-24,51H2,1-4H3,(H,54,56)(H,57,67)(H,58,71)(H,59,72)(H,60,70)(H,61,68)(H,62,69)(H,65,66)(H,74,75)(H4,52,53,55);8,11,14-17,19,22,25H,2-7,9-10H2,1H3/t28-,33-,34-,35-,36-,37-,38-,40-,41-;14-,15-,16+,17-,19+,20-,21+/m00/s1. The zero-order valence-corrected chi connectivity index (χ0v) is 57.8. The Hall–Kier alpha value is -9.42. The van der Waals surface area contributed by atoms with Gasteiger partial charge in [-0.3, -0.25) is 52.9 Å². The number of aromatic hydroxyl groups is 1. The van der Waals surface area contributed by atoms with E-state index in [1.165, 1.54) is 41.7 Å². The number of aliphatic hydroxyl groups excluding tert-OH is 2. The van der Waals surface area contributed by atoms with Crippen LogP contribution in [0.5, 0.6) is 5.75 Å². The van der Waals surface area contributed by atoms with Crippen molar-refractivity contribution in [1.29, 1.82) is 0 Å². The number of imidazole rings is 1. The van der Waals surface area contributed by atoms with Crippen LogP contribution in [0, 0.1) is 46.3 Å². The number of carbonyl (C=O) groups excluding carboxylic acids is 10. The fourth-order valence-corrected chi connectivity index (χ4v) is 15.5. The number of benzene rings is 2. The van der Waals surface area contributed by atoms with Crippen LogP contribution in [-0.4, -0.2) is 192 Å². The number of phenols is 1. The first kappa shape index (κ1) is 78.9. The second-order valence-electron chi connectivity index (χ2n) is 28.0. The lowest BCUT2D eigenvalue weighted by Gasteiger charge is -2.59. The molecule has 4 aliphatic carbocycles. The SMILES string of the molecule is CC[C@H](C)[C@H](NC(=O)[C@H](Cc1ccc(O)cc1)NC(=O)[C@@H](NC(=O)[C@H](CCCN=C(N)N)NC(=O)[C@@H](N)CC(=O)O)C(C)C)C(=O)N[C@@H](Cc1cnc[nH]1)C(=O)N1CCC[C@H]1C(=O)N[C@@H](Cc1ccccc1)C(=O)O.C[C@]12CCC(=O)C=C1CC[C@@H]1[C@@H]2[C@@H](O)C[C@]2(C=O)[C@@H](C(=O)CO)CC[C@@H]12. The molecule has 2 aromatic carbocycles. The molecule has 7 amide bonds. The molecule has 0 bridgehead atoms. The number of carbonyl (C=O) groups is 12. The normalized spacial score (nSPS) is 24.3. The van der Waals surface area contributed by atoms with Gasteiger partial charge in [0.15, 0.2) is 17.5 Å². The van der Waals surface area contributed by atoms with E-state index in [4.69, 9.17) is 17.2 Å². The van der Waals surface area contributed by atoms with Gasteiger partial charge < -0.3 is 89.3 Å². The number of aldehydes is 1. The average Bonchev–Trinajstić information content (AvgIpc) is 1.66. The summed E-state index contributed by atoms with van der Waals surface area (Å²) in [7, 11) is 0. The third kappa shape index (κ3) is 20.0. The highest BCUT2D eigenvalue weighted by molar-refractivity contribution is 5.99. The summed E-state index contributed by atoms with van der Waals surface area (Å²) in [4.78, 5) is 171. The fourth-order valence-electron chi connectivity index (χ4n) is 15.5. The molecule has 550 valence electrons. The molecule has 0 radical (unpaired) electrons. The van der Waals surface area contributed by atoms with Crippen LogP contribution in [0.1, 0.15) is 135 Å². The number of phenolic OH excluding ortho intramolecular Hbond substituents is 1. The van der Waals surface area contributed by atoms with Crippen molar-refractivity contribution in [2.45, 2.75) is 192 Å². The minimum atomic E-state index is -1.51. The van der Waals surface area contributed by atoms with E-state index in [9.17, 15) is 83.1 Å². The maximum atomic E-state index is 14.6. The monoisotopic (exact) mass is 1410 g/mol. The van der Waals surface area contributed by atoms with Crippen LogP contribution < -0.4 is 49.1 Å². The van der Waals surface area contributed by atoms with E-state index in [1.54, 1.807) is 64.1 Å². The number of ketones is 2. The van der Waals surface area contributed by atoms with Gasteiger partial charge in [0.1, 0.15) is 60.9 Å². The third-order valence-corrected chi connectivity index (χ3v) is 21.0. The molecule has 0 spiro atoms. The van der Waals surface area contributed by atoms with Gasteiger partial charge in [-0.25, -0.2) is 9.78 Å². The first-order valence-corrected chi connectivity index (χ1v) is 34.6. The number of guanidine groups is 1. The molecule has 4 fully saturated rings. The molecule has 16 atom stereocenters. The van der Waals surface area contributed by atoms with E-state index in [0.717, 1.165) is 37.5 Å². The molecule has 1 saturated heterocycles. The first-order valence-electron chi connectivity index (χ1n) is 34.6. The molecular formula is C71H99N13O17. The average molecular weight is 1410 g/mol. The van der Waals surface area contributed by atoms with Gasteiger partial charge in [-0.15, -0.1) is 0 Å². The highest BCUT2D eigenvalue weighted by Crippen LogP contribution is 2.66. The van der Waals surface area contributed by atoms with Crippen LogP contribution in [0.4, 0.5) is 0 Å². The molecular weight excluding hydrogens is 1310 g/mol. The summed E-state index contributed by atoms with van der Waals surface area (Å²) >= 11 is 0. The lowest BCUT2D eigenvalue weighted by Crippen LogP contribution is -2.62. The molecule has 3 aromatic rings. The number of aliphatic carboxylic acids is 2. The quantitative estimate of drug-likeness (QED) is 0.0175. The number of aromatic nitrogens is 2. The second-order valence-corrected chi connectivity index (χ2v) is 28.0. The summed E-state index contributed by atoms with van der Waals surface area (Å²) in [5, 5.41) is 65.6. The van der Waals surface area contributed by atoms with Crippen molar-refractivity contribution < 1.29 is 83.1 Å². The number of hydrogen-bond acceptors (Lipinski definition) is 18. The van der Waals surface area contributed by atoms with Gasteiger partial charge in [0.05, 0.1) is 24.9 Å². The summed E-state index contributed by atoms with van der Waals surface area (Å²) in [6.07, 6.45) is 9.67. The Balaban J connectivity index is 0.000000453. The molecule has 0 unspecified atom stereocenters. The van der Waals surface area contributed by atoms with Crippen molar-refractivity contribution in [3.63, 3.8) is 0 Å². The molecule has 1 aliphatic heterocycles. The van der Waals surface area contributed by atoms with Gasteiger partial charge in [-0.2, -0.15) is 0 Å². The van der Waals surface area contributed by atoms with Gasteiger partial charge in [0, 0.05) is 62.0 Å². The highest BCUT2D eigenvalue weighted by Gasteiger charge is 2.65. The van der Waals surface area contributed by atoms with Crippen LogP contribution in [-0.2, 0) is 76.8 Å². The Kier molecular flexibility index (Phi) is 27.9. The highest BCUT2D eigenvalue weighted by atomic mass is 16.4. The summed E-state index contributed by atoms with van der Waals surface area (Å²) in [6.45, 7) is 8.54. The molecule has 5 aliphatic rings. The number of aliphatic hydroxyl groups is 2. The van der Waals surface area contributed by atoms with E-state index in [1.807, 2.05) is 0 Å². The Labute approximate surface area is 586 Å². The predicted octanol–water partition coefficient (Wildman–Crippen LogP) is 0.531. The second kappa shape index (κ2) is 35.8. The Bertz CT molecular complexity index is 3510. The number of nitrogens with zero attached hydrogens (tertiary/aromatic N) is 3. The number of nitrogens with two attached hydrogens (primary N) is 3. The van der Waals surface area contributed by atoms with Crippen LogP contribution in [0.25, 0.3) is 0 Å². The number of amides is 7. The fraction of sp³-hybridized carbons (Fsp3) is 0.577. The van der Waals surface area contributed by atoms with Crippen LogP contribution in [0.2, 0.25) is 0 Å². The van der Waals surface area contributed by atoms with E-state index in [0.29, 0.717) is 48.9 Å². The zero-order chi connectivity index (χ0) is 74.0.